The first-order chi connectivity index (χ1) is 5.98. The second-order valence-corrected chi connectivity index (χ2v) is 3.03. The largest absolute Gasteiger partial charge is 0.461 e. The molecule has 5 heteroatoms. The van der Waals surface area contributed by atoms with Crippen molar-refractivity contribution in [1.82, 2.24) is 0 Å². The predicted octanol–water partition coefficient (Wildman–Crippen LogP) is -0.691. The summed E-state index contributed by atoms with van der Waals surface area (Å²) < 4.78 is 9.49. The molecule has 0 rings (SSSR count). The lowest BCUT2D eigenvalue weighted by Gasteiger charge is -2.15. The number of carbonyl (C=O) groups excluding carboxylic acids is 1. The fourth-order valence-corrected chi connectivity index (χ4v) is 0.537. The van der Waals surface area contributed by atoms with Crippen molar-refractivity contribution >= 4 is 5.97 Å². The van der Waals surface area contributed by atoms with Gasteiger partial charge in [0.25, 0.3) is 0 Å². The Bertz CT molecular complexity index is 149. The van der Waals surface area contributed by atoms with Gasteiger partial charge in [-0.25, -0.2) is 4.79 Å². The molecule has 0 aromatic rings. The van der Waals surface area contributed by atoms with Crippen molar-refractivity contribution in [1.29, 1.82) is 0 Å². The first-order valence-electron chi connectivity index (χ1n) is 4.06. The fourth-order valence-electron chi connectivity index (χ4n) is 0.537. The van der Waals surface area contributed by atoms with Crippen molar-refractivity contribution in [3.05, 3.63) is 0 Å². The zero-order valence-corrected chi connectivity index (χ0v) is 7.95. The van der Waals surface area contributed by atoms with Crippen LogP contribution in [-0.2, 0) is 14.3 Å². The van der Waals surface area contributed by atoms with Crippen molar-refractivity contribution < 1.29 is 24.5 Å². The summed E-state index contributed by atoms with van der Waals surface area (Å²) in [5, 5.41) is 17.5. The Kier molecular flexibility index (Phi) is 5.61. The maximum atomic E-state index is 10.9. The molecule has 0 aromatic heterocycles. The summed E-state index contributed by atoms with van der Waals surface area (Å²) >= 11 is 0. The Morgan fingerprint density at radius 1 is 1.31 bits per heavy atom. The normalized spacial score (nSPS) is 11.4. The molecule has 0 fully saturated rings. The topological polar surface area (TPSA) is 76.0 Å². The summed E-state index contributed by atoms with van der Waals surface area (Å²) in [5.74, 6) is -0.680. The van der Waals surface area contributed by atoms with Crippen LogP contribution in [0.4, 0.5) is 0 Å². The summed E-state index contributed by atoms with van der Waals surface area (Å²) in [7, 11) is 0. The van der Waals surface area contributed by atoms with Gasteiger partial charge in [-0.15, -0.1) is 0 Å². The number of hydrogen-bond donors (Lipinski definition) is 2. The smallest absolute Gasteiger partial charge is 0.337 e. The maximum Gasteiger partial charge on any atom is 0.337 e. The average Bonchev–Trinajstić information content (AvgIpc) is 2.02. The first kappa shape index (κ1) is 12.3. The summed E-state index contributed by atoms with van der Waals surface area (Å²) in [6, 6.07) is 0. The Balaban J connectivity index is 3.38. The van der Waals surface area contributed by atoms with E-state index in [1.165, 1.54) is 13.8 Å². The van der Waals surface area contributed by atoms with Crippen LogP contribution in [0.3, 0.4) is 0 Å². The first-order valence-corrected chi connectivity index (χ1v) is 4.06. The van der Waals surface area contributed by atoms with Crippen molar-refractivity contribution in [2.75, 3.05) is 26.4 Å². The van der Waals surface area contributed by atoms with Gasteiger partial charge < -0.3 is 19.7 Å². The van der Waals surface area contributed by atoms with Crippen LogP contribution < -0.4 is 0 Å². The van der Waals surface area contributed by atoms with Crippen LogP contribution in [0.2, 0.25) is 0 Å². The van der Waals surface area contributed by atoms with Gasteiger partial charge in [-0.05, 0) is 13.8 Å². The van der Waals surface area contributed by atoms with Crippen molar-refractivity contribution in [3.8, 4) is 0 Å². The predicted molar refractivity (Wildman–Crippen MR) is 45.2 cm³/mol. The monoisotopic (exact) mass is 192 g/mol. The lowest BCUT2D eigenvalue weighted by atomic mass is 10.1. The average molecular weight is 192 g/mol. The number of carbonyl (C=O) groups is 1. The fraction of sp³-hybridized carbons (Fsp3) is 0.875. The van der Waals surface area contributed by atoms with Gasteiger partial charge in [-0.1, -0.05) is 0 Å². The molecule has 0 aliphatic heterocycles. The molecule has 0 heterocycles. The number of aliphatic hydroxyl groups is 2. The highest BCUT2D eigenvalue weighted by Gasteiger charge is 2.25. The quantitative estimate of drug-likeness (QED) is 0.430. The van der Waals surface area contributed by atoms with Crippen molar-refractivity contribution in [2.24, 2.45) is 0 Å². The molecule has 13 heavy (non-hydrogen) atoms. The van der Waals surface area contributed by atoms with Gasteiger partial charge in [0.15, 0.2) is 5.60 Å². The third kappa shape index (κ3) is 6.51. The van der Waals surface area contributed by atoms with Gasteiger partial charge in [-0.3, -0.25) is 0 Å². The Morgan fingerprint density at radius 2 is 1.92 bits per heavy atom. The molecule has 0 aromatic carbocycles. The molecule has 78 valence electrons. The molecule has 0 unspecified atom stereocenters. The van der Waals surface area contributed by atoms with Crippen LogP contribution in [0.5, 0.6) is 0 Å². The van der Waals surface area contributed by atoms with Crippen LogP contribution in [0.1, 0.15) is 13.8 Å². The second kappa shape index (κ2) is 5.90. The van der Waals surface area contributed by atoms with Gasteiger partial charge in [0.1, 0.15) is 6.61 Å². The van der Waals surface area contributed by atoms with E-state index in [1.807, 2.05) is 0 Å². The summed E-state index contributed by atoms with van der Waals surface area (Å²) in [5.41, 5.74) is -1.46. The van der Waals surface area contributed by atoms with E-state index in [0.29, 0.717) is 0 Å². The summed E-state index contributed by atoms with van der Waals surface area (Å²) in [6.45, 7) is 3.18. The second-order valence-electron chi connectivity index (χ2n) is 3.03. The molecule has 5 nitrogen and oxygen atoms in total. The van der Waals surface area contributed by atoms with Crippen LogP contribution in [0, 0.1) is 0 Å². The number of rotatable bonds is 6. The van der Waals surface area contributed by atoms with Crippen LogP contribution in [-0.4, -0.2) is 48.2 Å². The highest BCUT2D eigenvalue weighted by molar-refractivity contribution is 5.78. The maximum absolute atomic E-state index is 10.9. The lowest BCUT2D eigenvalue weighted by Crippen LogP contribution is -2.33. The van der Waals surface area contributed by atoms with Crippen molar-refractivity contribution in [3.63, 3.8) is 0 Å². The molecule has 0 bridgehead atoms. The zero-order chi connectivity index (χ0) is 10.3. The lowest BCUT2D eigenvalue weighted by molar-refractivity contribution is -0.163. The van der Waals surface area contributed by atoms with E-state index in [9.17, 15) is 4.79 Å². The molecule has 0 aliphatic rings. The summed E-state index contributed by atoms with van der Waals surface area (Å²) in [4.78, 5) is 10.9. The van der Waals surface area contributed by atoms with E-state index in [-0.39, 0.29) is 26.4 Å². The van der Waals surface area contributed by atoms with E-state index in [4.69, 9.17) is 14.9 Å². The molecule has 0 amide bonds. The number of ether oxygens (including phenoxy) is 2. The highest BCUT2D eigenvalue weighted by atomic mass is 16.6. The minimum absolute atomic E-state index is 0.0561. The van der Waals surface area contributed by atoms with Gasteiger partial charge in [-0.2, -0.15) is 0 Å². The number of esters is 1. The van der Waals surface area contributed by atoms with E-state index < -0.39 is 11.6 Å². The molecule has 0 radical (unpaired) electrons. The Hall–Kier alpha value is -0.650. The third-order valence-corrected chi connectivity index (χ3v) is 1.20. The molecular formula is C8H16O5. The molecular weight excluding hydrogens is 176 g/mol. The van der Waals surface area contributed by atoms with E-state index in [0.717, 1.165) is 0 Å². The van der Waals surface area contributed by atoms with Crippen LogP contribution in [0.25, 0.3) is 0 Å². The summed E-state index contributed by atoms with van der Waals surface area (Å²) in [6.07, 6.45) is 0. The molecule has 0 atom stereocenters. The third-order valence-electron chi connectivity index (χ3n) is 1.20. The number of hydrogen-bond acceptors (Lipinski definition) is 5. The van der Waals surface area contributed by atoms with Crippen LogP contribution >= 0.6 is 0 Å². The number of aliphatic hydroxyl groups excluding tert-OH is 1. The molecule has 0 saturated carbocycles. The Labute approximate surface area is 77.3 Å². The highest BCUT2D eigenvalue weighted by Crippen LogP contribution is 2.02. The Morgan fingerprint density at radius 3 is 2.38 bits per heavy atom. The van der Waals surface area contributed by atoms with Gasteiger partial charge in [0, 0.05) is 0 Å². The SMILES string of the molecule is CC(C)(O)C(=O)OCCOCCO. The van der Waals surface area contributed by atoms with E-state index in [1.54, 1.807) is 0 Å². The van der Waals surface area contributed by atoms with Crippen LogP contribution in [0.15, 0.2) is 0 Å². The molecule has 0 spiro atoms. The molecule has 0 aliphatic carbocycles. The minimum Gasteiger partial charge on any atom is -0.461 e. The standard InChI is InChI=1S/C8H16O5/c1-8(2,11)7(10)13-6-5-12-4-3-9/h9,11H,3-6H2,1-2H3. The minimum atomic E-state index is -1.46. The van der Waals surface area contributed by atoms with E-state index in [2.05, 4.69) is 4.74 Å². The van der Waals surface area contributed by atoms with E-state index >= 15 is 0 Å². The zero-order valence-electron chi connectivity index (χ0n) is 7.95. The van der Waals surface area contributed by atoms with Crippen molar-refractivity contribution in [2.45, 2.75) is 19.4 Å². The molecule has 0 saturated heterocycles. The molecule has 2 N–H and O–H groups in total. The van der Waals surface area contributed by atoms with Gasteiger partial charge >= 0.3 is 5.97 Å². The van der Waals surface area contributed by atoms with Gasteiger partial charge in [0.05, 0.1) is 19.8 Å². The van der Waals surface area contributed by atoms with Gasteiger partial charge in [0.2, 0.25) is 0 Å².